The number of hydrazine groups is 1. The van der Waals surface area contributed by atoms with E-state index in [1.807, 2.05) is 30.3 Å². The Labute approximate surface area is 215 Å². The van der Waals surface area contributed by atoms with Crippen LogP contribution in [0.15, 0.2) is 83.3 Å². The second-order valence-corrected chi connectivity index (χ2v) is 9.07. The van der Waals surface area contributed by atoms with Crippen LogP contribution >= 0.6 is 28.1 Å². The SMILES string of the molecule is O=C(CC1C(=O)N(Cc2ccccc2)C(=S)N1NC(=O)c1ccc(Br)cc1)Nc1ccc(F)cc1. The quantitative estimate of drug-likeness (QED) is 0.426. The van der Waals surface area contributed by atoms with Crippen LogP contribution in [0.2, 0.25) is 0 Å². The largest absolute Gasteiger partial charge is 0.326 e. The van der Waals surface area contributed by atoms with Gasteiger partial charge < -0.3 is 5.32 Å². The van der Waals surface area contributed by atoms with Gasteiger partial charge in [-0.1, -0.05) is 46.3 Å². The van der Waals surface area contributed by atoms with Crippen molar-refractivity contribution >= 4 is 56.7 Å². The molecule has 7 nitrogen and oxygen atoms in total. The van der Waals surface area contributed by atoms with E-state index in [0.29, 0.717) is 11.3 Å². The molecule has 1 saturated heterocycles. The van der Waals surface area contributed by atoms with Crippen LogP contribution in [0.3, 0.4) is 0 Å². The Morgan fingerprint density at radius 3 is 2.29 bits per heavy atom. The molecule has 0 spiro atoms. The van der Waals surface area contributed by atoms with Gasteiger partial charge in [-0.2, -0.15) is 0 Å². The smallest absolute Gasteiger partial charge is 0.269 e. The van der Waals surface area contributed by atoms with Crippen molar-refractivity contribution in [1.29, 1.82) is 0 Å². The van der Waals surface area contributed by atoms with E-state index < -0.39 is 29.6 Å². The summed E-state index contributed by atoms with van der Waals surface area (Å²) in [5.74, 6) is -1.80. The van der Waals surface area contributed by atoms with E-state index in [1.54, 1.807) is 24.3 Å². The van der Waals surface area contributed by atoms with Crippen LogP contribution in [0.4, 0.5) is 10.1 Å². The Balaban J connectivity index is 1.55. The molecule has 178 valence electrons. The molecular weight excluding hydrogens is 535 g/mol. The van der Waals surface area contributed by atoms with Gasteiger partial charge in [-0.15, -0.1) is 0 Å². The predicted octanol–water partition coefficient (Wildman–Crippen LogP) is 4.26. The second kappa shape index (κ2) is 10.7. The van der Waals surface area contributed by atoms with Gasteiger partial charge in [0.05, 0.1) is 13.0 Å². The summed E-state index contributed by atoms with van der Waals surface area (Å²) < 4.78 is 14.0. The van der Waals surface area contributed by atoms with E-state index in [0.717, 1.165) is 10.0 Å². The van der Waals surface area contributed by atoms with Gasteiger partial charge >= 0.3 is 0 Å². The van der Waals surface area contributed by atoms with Gasteiger partial charge in [0.25, 0.3) is 11.8 Å². The molecule has 1 aliphatic heterocycles. The summed E-state index contributed by atoms with van der Waals surface area (Å²) in [6.07, 6.45) is -0.276. The minimum atomic E-state index is -1.05. The van der Waals surface area contributed by atoms with Crippen LogP contribution in [0.25, 0.3) is 0 Å². The number of hydrogen-bond donors (Lipinski definition) is 2. The zero-order valence-corrected chi connectivity index (χ0v) is 20.7. The van der Waals surface area contributed by atoms with Gasteiger partial charge in [-0.05, 0) is 66.3 Å². The molecule has 1 atom stereocenters. The van der Waals surface area contributed by atoms with Crippen molar-refractivity contribution in [2.45, 2.75) is 19.0 Å². The summed E-state index contributed by atoms with van der Waals surface area (Å²) >= 11 is 8.86. The van der Waals surface area contributed by atoms with Crippen LogP contribution in [0.1, 0.15) is 22.3 Å². The third kappa shape index (κ3) is 5.90. The number of rotatable bonds is 7. The summed E-state index contributed by atoms with van der Waals surface area (Å²) in [7, 11) is 0. The Morgan fingerprint density at radius 1 is 0.971 bits per heavy atom. The monoisotopic (exact) mass is 554 g/mol. The van der Waals surface area contributed by atoms with Crippen LogP contribution in [-0.4, -0.2) is 38.8 Å². The van der Waals surface area contributed by atoms with Crippen molar-refractivity contribution in [1.82, 2.24) is 15.3 Å². The molecule has 1 fully saturated rings. The summed E-state index contributed by atoms with van der Waals surface area (Å²) in [4.78, 5) is 40.3. The maximum Gasteiger partial charge on any atom is 0.269 e. The molecule has 1 aliphatic rings. The van der Waals surface area contributed by atoms with E-state index >= 15 is 0 Å². The first-order valence-corrected chi connectivity index (χ1v) is 11.8. The van der Waals surface area contributed by atoms with Gasteiger partial charge in [0, 0.05) is 15.7 Å². The first kappa shape index (κ1) is 24.5. The van der Waals surface area contributed by atoms with E-state index in [9.17, 15) is 18.8 Å². The molecule has 4 rings (SSSR count). The highest BCUT2D eigenvalue weighted by Gasteiger charge is 2.44. The lowest BCUT2D eigenvalue weighted by atomic mass is 10.1. The minimum Gasteiger partial charge on any atom is -0.326 e. The van der Waals surface area contributed by atoms with E-state index in [4.69, 9.17) is 12.2 Å². The molecule has 0 radical (unpaired) electrons. The lowest BCUT2D eigenvalue weighted by Crippen LogP contribution is -2.49. The Bertz CT molecular complexity index is 1260. The topological polar surface area (TPSA) is 81.8 Å². The van der Waals surface area contributed by atoms with Gasteiger partial charge in [0.2, 0.25) is 5.91 Å². The van der Waals surface area contributed by atoms with Gasteiger partial charge in [0.1, 0.15) is 11.9 Å². The fraction of sp³-hybridized carbons (Fsp3) is 0.120. The Morgan fingerprint density at radius 2 is 1.63 bits per heavy atom. The molecule has 0 saturated carbocycles. The van der Waals surface area contributed by atoms with Crippen LogP contribution in [0, 0.1) is 5.82 Å². The van der Waals surface area contributed by atoms with Crippen molar-refractivity contribution in [2.24, 2.45) is 0 Å². The Hall–Kier alpha value is -3.63. The maximum atomic E-state index is 13.3. The van der Waals surface area contributed by atoms with Crippen LogP contribution in [-0.2, 0) is 16.1 Å². The number of nitrogens with zero attached hydrogens (tertiary/aromatic N) is 2. The van der Waals surface area contributed by atoms with Crippen molar-refractivity contribution in [2.75, 3.05) is 5.32 Å². The summed E-state index contributed by atoms with van der Waals surface area (Å²) in [6, 6.07) is 20.2. The third-order valence-electron chi connectivity index (χ3n) is 5.32. The number of benzene rings is 3. The fourth-order valence-electron chi connectivity index (χ4n) is 3.56. The molecule has 3 aromatic rings. The molecular formula is C25H20BrFN4O3S. The van der Waals surface area contributed by atoms with E-state index in [2.05, 4.69) is 26.7 Å². The van der Waals surface area contributed by atoms with Crippen LogP contribution in [0.5, 0.6) is 0 Å². The van der Waals surface area contributed by atoms with E-state index in [1.165, 1.54) is 34.2 Å². The summed E-state index contributed by atoms with van der Waals surface area (Å²) in [6.45, 7) is 0.194. The summed E-state index contributed by atoms with van der Waals surface area (Å²) in [5, 5.41) is 3.99. The van der Waals surface area contributed by atoms with Gasteiger partial charge in [0.15, 0.2) is 5.11 Å². The van der Waals surface area contributed by atoms with E-state index in [-0.39, 0.29) is 18.1 Å². The molecule has 10 heteroatoms. The highest BCUT2D eigenvalue weighted by Crippen LogP contribution is 2.23. The zero-order valence-electron chi connectivity index (χ0n) is 18.3. The van der Waals surface area contributed by atoms with Gasteiger partial charge in [-0.25, -0.2) is 9.40 Å². The lowest BCUT2D eigenvalue weighted by Gasteiger charge is -2.24. The molecule has 0 aromatic heterocycles. The summed E-state index contributed by atoms with van der Waals surface area (Å²) in [5.41, 5.74) is 4.28. The number of carbonyl (C=O) groups is 3. The number of hydrogen-bond acceptors (Lipinski definition) is 4. The molecule has 1 heterocycles. The minimum absolute atomic E-state index is 0.0869. The number of carbonyl (C=O) groups excluding carboxylic acids is 3. The van der Waals surface area contributed by atoms with Crippen molar-refractivity contribution in [3.05, 3.63) is 100 Å². The van der Waals surface area contributed by atoms with Crippen molar-refractivity contribution in [3.8, 4) is 0 Å². The average molecular weight is 555 g/mol. The Kier molecular flexibility index (Phi) is 7.52. The lowest BCUT2D eigenvalue weighted by molar-refractivity contribution is -0.131. The van der Waals surface area contributed by atoms with Gasteiger partial charge in [-0.3, -0.25) is 24.7 Å². The first-order valence-electron chi connectivity index (χ1n) is 10.6. The average Bonchev–Trinajstić information content (AvgIpc) is 3.05. The highest BCUT2D eigenvalue weighted by molar-refractivity contribution is 9.10. The highest BCUT2D eigenvalue weighted by atomic mass is 79.9. The number of anilines is 1. The van der Waals surface area contributed by atoms with Crippen LogP contribution < -0.4 is 10.7 Å². The molecule has 3 aromatic carbocycles. The number of nitrogens with one attached hydrogen (secondary N) is 2. The maximum absolute atomic E-state index is 13.3. The molecule has 2 N–H and O–H groups in total. The van der Waals surface area contributed by atoms with Crippen molar-refractivity contribution < 1.29 is 18.8 Å². The fourth-order valence-corrected chi connectivity index (χ4v) is 4.15. The number of amides is 3. The predicted molar refractivity (Wildman–Crippen MR) is 136 cm³/mol. The standard InChI is InChI=1S/C25H20BrFN4O3S/c26-18-8-6-17(7-9-18)23(33)29-31-21(14-22(32)28-20-12-10-19(27)11-13-20)24(34)30(25(31)35)15-16-4-2-1-3-5-16/h1-13,21H,14-15H2,(H,28,32)(H,29,33). The molecule has 0 aliphatic carbocycles. The molecule has 1 unspecified atom stereocenters. The number of halogens is 2. The number of thiocarbonyl (C=S) groups is 1. The molecule has 0 bridgehead atoms. The zero-order chi connectivity index (χ0) is 24.9. The third-order valence-corrected chi connectivity index (χ3v) is 6.26. The van der Waals surface area contributed by atoms with Crippen molar-refractivity contribution in [3.63, 3.8) is 0 Å². The molecule has 35 heavy (non-hydrogen) atoms. The molecule has 3 amide bonds. The first-order chi connectivity index (χ1) is 16.8. The second-order valence-electron chi connectivity index (χ2n) is 7.79. The normalized spacial score (nSPS) is 15.3.